The maximum Gasteiger partial charge on any atom is 0.147 e. The Morgan fingerprint density at radius 2 is 1.75 bits per heavy atom. The van der Waals surface area contributed by atoms with Crippen LogP contribution < -0.4 is 25.8 Å². The predicted octanol–water partition coefficient (Wildman–Crippen LogP) is 9.64. The van der Waals surface area contributed by atoms with Crippen molar-refractivity contribution in [3.63, 3.8) is 0 Å². The summed E-state index contributed by atoms with van der Waals surface area (Å²) >= 11 is 0. The molecule has 0 amide bonds. The van der Waals surface area contributed by atoms with E-state index in [0.717, 1.165) is 118 Å². The first kappa shape index (κ1) is 37.3. The molecule has 57 heavy (non-hydrogen) atoms. The van der Waals surface area contributed by atoms with Gasteiger partial charge in [-0.3, -0.25) is 4.98 Å². The van der Waals surface area contributed by atoms with E-state index in [1.165, 1.54) is 57.9 Å². The molecule has 0 atom stereocenters. The standard InChI is InChI=1S/C48H57FN8/c1-30-23-41(53-47-13-10-36-17-21-56(29-44(36)54-47)46-28-51-43-7-6-18-50-48(43)33(46)4)11-8-37(30)24-32(3)55-19-15-35(16-20-55)39-25-40(26-39)38-9-12-45(42(49)27-38)57-22-14-31(2)52-34(57)5/h8-13,23,27-28,35,39-40,50,52H,2-3,5-7,14-22,24-26,29H2,1,4H3,(H,53,54). The third-order valence-corrected chi connectivity index (χ3v) is 13.5. The Hall–Kier alpha value is -5.31. The van der Waals surface area contributed by atoms with Crippen molar-refractivity contribution in [1.29, 1.82) is 0 Å². The predicted molar refractivity (Wildman–Crippen MR) is 232 cm³/mol. The number of hydrogen-bond donors (Lipinski definition) is 3. The number of halogens is 1. The number of nitrogens with zero attached hydrogens (tertiary/aromatic N) is 5. The molecule has 0 radical (unpaired) electrons. The van der Waals surface area contributed by atoms with E-state index in [4.69, 9.17) is 9.97 Å². The average molecular weight is 765 g/mol. The van der Waals surface area contributed by atoms with Crippen LogP contribution in [0.5, 0.6) is 0 Å². The monoisotopic (exact) mass is 764 g/mol. The van der Waals surface area contributed by atoms with Gasteiger partial charge in [0.2, 0.25) is 0 Å². The van der Waals surface area contributed by atoms with E-state index in [2.05, 4.69) is 102 Å². The number of pyridine rings is 2. The molecule has 9 rings (SSSR count). The maximum absolute atomic E-state index is 15.3. The van der Waals surface area contributed by atoms with E-state index >= 15 is 4.39 Å². The Morgan fingerprint density at radius 3 is 2.54 bits per heavy atom. The van der Waals surface area contributed by atoms with Crippen LogP contribution in [-0.4, -0.2) is 47.6 Å². The number of aromatic nitrogens is 2. The fraction of sp³-hybridized carbons (Fsp3) is 0.417. The zero-order chi connectivity index (χ0) is 39.2. The van der Waals surface area contributed by atoms with Crippen LogP contribution in [0, 0.1) is 31.5 Å². The van der Waals surface area contributed by atoms with Crippen molar-refractivity contribution < 1.29 is 4.39 Å². The van der Waals surface area contributed by atoms with Crippen LogP contribution in [0.3, 0.4) is 0 Å². The van der Waals surface area contributed by atoms with E-state index < -0.39 is 0 Å². The molecule has 3 fully saturated rings. The van der Waals surface area contributed by atoms with E-state index in [1.54, 1.807) is 6.07 Å². The van der Waals surface area contributed by atoms with E-state index in [0.29, 0.717) is 24.0 Å². The van der Waals surface area contributed by atoms with Gasteiger partial charge in [0.25, 0.3) is 0 Å². The van der Waals surface area contributed by atoms with Crippen LogP contribution in [0.2, 0.25) is 0 Å². The maximum atomic E-state index is 15.3. The van der Waals surface area contributed by atoms with Crippen molar-refractivity contribution in [2.45, 2.75) is 84.1 Å². The minimum Gasteiger partial charge on any atom is -0.383 e. The van der Waals surface area contributed by atoms with Crippen molar-refractivity contribution in [1.82, 2.24) is 20.2 Å². The zero-order valence-electron chi connectivity index (χ0n) is 33.8. The summed E-state index contributed by atoms with van der Waals surface area (Å²) in [7, 11) is 0. The van der Waals surface area contributed by atoms with Gasteiger partial charge in [0.05, 0.1) is 41.2 Å². The highest BCUT2D eigenvalue weighted by atomic mass is 19.1. The second-order valence-corrected chi connectivity index (χ2v) is 17.1. The molecular weight excluding hydrogens is 708 g/mol. The summed E-state index contributed by atoms with van der Waals surface area (Å²) < 4.78 is 15.3. The first-order valence-corrected chi connectivity index (χ1v) is 21.1. The number of fused-ring (bicyclic) bond motifs is 2. The van der Waals surface area contributed by atoms with Gasteiger partial charge in [-0.1, -0.05) is 37.9 Å². The summed E-state index contributed by atoms with van der Waals surface area (Å²) in [5.41, 5.74) is 14.9. The lowest BCUT2D eigenvalue weighted by Crippen LogP contribution is -2.39. The average Bonchev–Trinajstić information content (AvgIpc) is 3.19. The Morgan fingerprint density at radius 1 is 0.912 bits per heavy atom. The molecule has 5 aliphatic rings. The van der Waals surface area contributed by atoms with Crippen molar-refractivity contribution >= 4 is 28.6 Å². The quantitative estimate of drug-likeness (QED) is 0.156. The van der Waals surface area contributed by atoms with Crippen LogP contribution in [0.25, 0.3) is 0 Å². The Labute approximate surface area is 338 Å². The van der Waals surface area contributed by atoms with Gasteiger partial charge >= 0.3 is 0 Å². The zero-order valence-corrected chi connectivity index (χ0v) is 33.8. The first-order chi connectivity index (χ1) is 27.7. The fourth-order valence-electron chi connectivity index (χ4n) is 9.98. The summed E-state index contributed by atoms with van der Waals surface area (Å²) in [6.45, 7) is 22.6. The smallest absolute Gasteiger partial charge is 0.147 e. The van der Waals surface area contributed by atoms with Crippen LogP contribution in [-0.2, 0) is 25.8 Å². The second-order valence-electron chi connectivity index (χ2n) is 17.1. The van der Waals surface area contributed by atoms with Gasteiger partial charge in [-0.2, -0.15) is 0 Å². The minimum absolute atomic E-state index is 0.162. The molecule has 4 aromatic rings. The SMILES string of the molecule is C=C1CCN(c2ccc(C3CC(C4CCN(C(=C)Cc5ccc(Nc6ccc7c(n6)CN(c6cnc8c(c6C)NCCC8)CC7)cc5C)CC4)C3)cc2F)C(=C)N1. The summed E-state index contributed by atoms with van der Waals surface area (Å²) in [6.07, 6.45) is 11.6. The molecular formula is C48H57FN8. The number of piperidine rings is 1. The number of hydrogen-bond acceptors (Lipinski definition) is 8. The second kappa shape index (κ2) is 15.6. The van der Waals surface area contributed by atoms with Crippen molar-refractivity contribution in [2.75, 3.05) is 53.2 Å². The lowest BCUT2D eigenvalue weighted by molar-refractivity contribution is 0.107. The fourth-order valence-corrected chi connectivity index (χ4v) is 9.98. The van der Waals surface area contributed by atoms with Crippen LogP contribution >= 0.6 is 0 Å². The number of rotatable bonds is 9. The molecule has 296 valence electrons. The summed E-state index contributed by atoms with van der Waals surface area (Å²) in [5, 5.41) is 10.3. The Kier molecular flexibility index (Phi) is 10.2. The third-order valence-electron chi connectivity index (χ3n) is 13.5. The lowest BCUT2D eigenvalue weighted by atomic mass is 9.64. The number of aryl methyl sites for hydroxylation is 2. The summed E-state index contributed by atoms with van der Waals surface area (Å²) in [4.78, 5) is 16.8. The highest BCUT2D eigenvalue weighted by Gasteiger charge is 2.38. The van der Waals surface area contributed by atoms with Gasteiger partial charge in [-0.05, 0) is 135 Å². The molecule has 0 bridgehead atoms. The minimum atomic E-state index is -0.162. The Bertz CT molecular complexity index is 2210. The van der Waals surface area contributed by atoms with Gasteiger partial charge in [-0.15, -0.1) is 0 Å². The molecule has 4 aliphatic heterocycles. The number of anilines is 5. The largest absolute Gasteiger partial charge is 0.383 e. The number of benzene rings is 2. The van der Waals surface area contributed by atoms with Crippen molar-refractivity contribution in [3.8, 4) is 0 Å². The Balaban J connectivity index is 0.752. The van der Waals surface area contributed by atoms with Gasteiger partial charge in [-0.25, -0.2) is 9.37 Å². The van der Waals surface area contributed by atoms with Gasteiger partial charge < -0.3 is 30.7 Å². The van der Waals surface area contributed by atoms with Gasteiger partial charge in [0, 0.05) is 62.6 Å². The summed E-state index contributed by atoms with van der Waals surface area (Å²) in [6, 6.07) is 16.8. The first-order valence-electron chi connectivity index (χ1n) is 21.1. The molecule has 1 saturated carbocycles. The number of allylic oxidation sites excluding steroid dienone is 1. The van der Waals surface area contributed by atoms with E-state index in [1.807, 2.05) is 11.0 Å². The van der Waals surface area contributed by atoms with Crippen LogP contribution in [0.15, 0.2) is 91.7 Å². The molecule has 2 aromatic carbocycles. The van der Waals surface area contributed by atoms with Crippen molar-refractivity contribution in [2.24, 2.45) is 11.8 Å². The molecule has 8 nitrogen and oxygen atoms in total. The molecule has 0 spiro atoms. The van der Waals surface area contributed by atoms with E-state index in [-0.39, 0.29) is 5.82 Å². The molecule has 0 unspecified atom stereocenters. The van der Waals surface area contributed by atoms with Gasteiger partial charge in [0.1, 0.15) is 17.5 Å². The molecule has 6 heterocycles. The van der Waals surface area contributed by atoms with Crippen LogP contribution in [0.1, 0.15) is 83.6 Å². The highest BCUT2D eigenvalue weighted by Crippen LogP contribution is 2.49. The van der Waals surface area contributed by atoms with Crippen LogP contribution in [0.4, 0.5) is 33.0 Å². The lowest BCUT2D eigenvalue weighted by Gasteiger charge is -2.45. The highest BCUT2D eigenvalue weighted by molar-refractivity contribution is 5.68. The summed E-state index contributed by atoms with van der Waals surface area (Å²) in [5.74, 6) is 3.32. The molecule has 2 saturated heterocycles. The number of likely N-dealkylation sites (tertiary alicyclic amines) is 1. The molecule has 1 aliphatic carbocycles. The number of nitrogens with one attached hydrogen (secondary N) is 3. The third kappa shape index (κ3) is 7.61. The molecule has 2 aromatic heterocycles. The molecule has 3 N–H and O–H groups in total. The van der Waals surface area contributed by atoms with Crippen molar-refractivity contribution in [3.05, 3.63) is 137 Å². The normalized spacial score (nSPS) is 20.9. The topological polar surface area (TPSA) is 71.6 Å². The van der Waals surface area contributed by atoms with Gasteiger partial charge in [0.15, 0.2) is 0 Å². The van der Waals surface area contributed by atoms with E-state index in [9.17, 15) is 0 Å². The molecule has 9 heteroatoms.